The normalized spacial score (nSPS) is 10.4. The largest absolute Gasteiger partial charge is 0.458 e. The Kier molecular flexibility index (Phi) is 5.69. The third-order valence-corrected chi connectivity index (χ3v) is 4.19. The van der Waals surface area contributed by atoms with E-state index in [1.54, 1.807) is 55.5 Å². The van der Waals surface area contributed by atoms with Crippen molar-refractivity contribution < 1.29 is 19.2 Å². The Bertz CT molecular complexity index is 1070. The van der Waals surface area contributed by atoms with Crippen LogP contribution in [0.1, 0.15) is 6.92 Å². The lowest BCUT2D eigenvalue weighted by atomic mass is 10.2. The molecule has 3 aromatic rings. The fourth-order valence-corrected chi connectivity index (χ4v) is 2.86. The third-order valence-electron chi connectivity index (χ3n) is 3.52. The lowest BCUT2D eigenvalue weighted by Gasteiger charge is -2.14. The molecule has 8 nitrogen and oxygen atoms in total. The van der Waals surface area contributed by atoms with Crippen LogP contribution in [0.3, 0.4) is 0 Å². The number of benzene rings is 2. The molecule has 0 aliphatic heterocycles. The average molecular weight is 479 g/mol. The number of hydrogen-bond acceptors (Lipinski definition) is 7. The van der Waals surface area contributed by atoms with Gasteiger partial charge in [-0.3, -0.25) is 4.79 Å². The molecular weight excluding hydrogens is 465 g/mol. The van der Waals surface area contributed by atoms with Crippen molar-refractivity contribution in [1.82, 2.24) is 9.55 Å². The minimum atomic E-state index is -1.24. The maximum absolute atomic E-state index is 13.0. The maximum atomic E-state index is 13.0. The Labute approximate surface area is 167 Å². The number of halogens is 1. The molecule has 9 heteroatoms. The molecular formula is C18H14IN3O5. The summed E-state index contributed by atoms with van der Waals surface area (Å²) in [5, 5.41) is 0.410. The van der Waals surface area contributed by atoms with E-state index in [2.05, 4.69) is 37.8 Å². The van der Waals surface area contributed by atoms with Crippen LogP contribution in [0.5, 0.6) is 0 Å². The van der Waals surface area contributed by atoms with E-state index < -0.39 is 11.9 Å². The van der Waals surface area contributed by atoms with Gasteiger partial charge in [-0.25, -0.2) is 19.1 Å². The van der Waals surface area contributed by atoms with Gasteiger partial charge in [0.1, 0.15) is 0 Å². The molecule has 0 aliphatic rings. The van der Waals surface area contributed by atoms with Crippen molar-refractivity contribution in [3.63, 3.8) is 0 Å². The Morgan fingerprint density at radius 3 is 2.59 bits per heavy atom. The summed E-state index contributed by atoms with van der Waals surface area (Å²) in [6, 6.07) is 14.0. The van der Waals surface area contributed by atoms with Gasteiger partial charge in [0.05, 0.1) is 23.2 Å². The molecule has 1 N–H and O–H groups in total. The minimum Gasteiger partial charge on any atom is -0.458 e. The summed E-state index contributed by atoms with van der Waals surface area (Å²) in [5.74, 6) is -2.43. The molecule has 27 heavy (non-hydrogen) atoms. The Morgan fingerprint density at radius 1 is 1.15 bits per heavy atom. The van der Waals surface area contributed by atoms with Gasteiger partial charge in [-0.1, -0.05) is 18.2 Å². The van der Waals surface area contributed by atoms with Crippen LogP contribution in [0, 0.1) is 3.57 Å². The van der Waals surface area contributed by atoms with E-state index in [-0.39, 0.29) is 18.1 Å². The van der Waals surface area contributed by atoms with Gasteiger partial charge in [0.15, 0.2) is 0 Å². The zero-order valence-corrected chi connectivity index (χ0v) is 16.3. The van der Waals surface area contributed by atoms with E-state index in [0.29, 0.717) is 16.6 Å². The molecule has 0 radical (unpaired) electrons. The third kappa shape index (κ3) is 4.08. The zero-order valence-electron chi connectivity index (χ0n) is 14.1. The molecule has 0 spiro atoms. The Balaban J connectivity index is 2.07. The second-order valence-electron chi connectivity index (χ2n) is 5.29. The summed E-state index contributed by atoms with van der Waals surface area (Å²) < 4.78 is 6.71. The number of para-hydroxylation sites is 1. The van der Waals surface area contributed by atoms with Crippen LogP contribution < -0.4 is 11.0 Å². The number of nitrogens with one attached hydrogen (secondary N) is 1. The van der Waals surface area contributed by atoms with Gasteiger partial charge in [0.25, 0.3) is 5.56 Å². The first-order chi connectivity index (χ1) is 13.0. The fourth-order valence-electron chi connectivity index (χ4n) is 2.37. The molecule has 2 aromatic carbocycles. The summed E-state index contributed by atoms with van der Waals surface area (Å²) in [6.07, 6.45) is 0. The molecule has 0 amide bonds. The second-order valence-corrected chi connectivity index (χ2v) is 6.53. The van der Waals surface area contributed by atoms with Crippen LogP contribution in [0.2, 0.25) is 0 Å². The van der Waals surface area contributed by atoms with E-state index in [0.717, 1.165) is 3.57 Å². The minimum absolute atomic E-state index is 0.0372. The SMILES string of the molecule is CCOC(=O)C(=O)ONc1nc2ccc(I)cc2c(=O)n1-c1ccccc1. The Hall–Kier alpha value is -2.95. The highest BCUT2D eigenvalue weighted by Gasteiger charge is 2.19. The quantitative estimate of drug-likeness (QED) is 0.266. The van der Waals surface area contributed by atoms with Crippen LogP contribution in [0.4, 0.5) is 5.95 Å². The summed E-state index contributed by atoms with van der Waals surface area (Å²) in [4.78, 5) is 45.2. The fraction of sp³-hybridized carbons (Fsp3) is 0.111. The summed E-state index contributed by atoms with van der Waals surface area (Å²) in [7, 11) is 0. The highest BCUT2D eigenvalue weighted by molar-refractivity contribution is 14.1. The number of ether oxygens (including phenoxy) is 1. The molecule has 3 rings (SSSR count). The highest BCUT2D eigenvalue weighted by atomic mass is 127. The summed E-state index contributed by atoms with van der Waals surface area (Å²) >= 11 is 2.11. The first kappa shape index (κ1) is 18.8. The van der Waals surface area contributed by atoms with Crippen molar-refractivity contribution in [3.8, 4) is 5.69 Å². The number of aromatic nitrogens is 2. The van der Waals surface area contributed by atoms with E-state index in [1.165, 1.54) is 4.57 Å². The monoisotopic (exact) mass is 479 g/mol. The Morgan fingerprint density at radius 2 is 1.89 bits per heavy atom. The topological polar surface area (TPSA) is 99.5 Å². The van der Waals surface area contributed by atoms with Crippen LogP contribution in [0.15, 0.2) is 53.3 Å². The number of rotatable bonds is 4. The van der Waals surface area contributed by atoms with Crippen molar-refractivity contribution in [3.05, 3.63) is 62.5 Å². The zero-order chi connectivity index (χ0) is 19.4. The molecule has 0 saturated carbocycles. The molecule has 0 saturated heterocycles. The first-order valence-corrected chi connectivity index (χ1v) is 9.01. The van der Waals surface area contributed by atoms with Crippen LogP contribution in [-0.4, -0.2) is 28.1 Å². The van der Waals surface area contributed by atoms with Gasteiger partial charge in [-0.2, -0.15) is 5.48 Å². The van der Waals surface area contributed by atoms with Crippen LogP contribution in [0.25, 0.3) is 16.6 Å². The van der Waals surface area contributed by atoms with E-state index in [4.69, 9.17) is 4.84 Å². The molecule has 1 aromatic heterocycles. The number of carbonyl (C=O) groups excluding carboxylic acids is 2. The van der Waals surface area contributed by atoms with E-state index in [1.807, 2.05) is 0 Å². The van der Waals surface area contributed by atoms with Gasteiger partial charge in [-0.15, -0.1) is 0 Å². The van der Waals surface area contributed by atoms with Crippen LogP contribution in [-0.2, 0) is 19.2 Å². The maximum Gasteiger partial charge on any atom is 0.441 e. The van der Waals surface area contributed by atoms with Crippen molar-refractivity contribution >= 4 is 51.4 Å². The van der Waals surface area contributed by atoms with Crippen molar-refractivity contribution in [2.24, 2.45) is 0 Å². The van der Waals surface area contributed by atoms with Gasteiger partial charge in [0.2, 0.25) is 5.95 Å². The molecule has 0 unspecified atom stereocenters. The lowest BCUT2D eigenvalue weighted by molar-refractivity contribution is -0.165. The average Bonchev–Trinajstić information content (AvgIpc) is 2.67. The van der Waals surface area contributed by atoms with Crippen molar-refractivity contribution in [2.45, 2.75) is 6.92 Å². The molecule has 0 bridgehead atoms. The van der Waals surface area contributed by atoms with Crippen molar-refractivity contribution in [1.29, 1.82) is 0 Å². The predicted octanol–water partition coefficient (Wildman–Crippen LogP) is 2.42. The van der Waals surface area contributed by atoms with E-state index >= 15 is 0 Å². The number of carbonyl (C=O) groups is 2. The van der Waals surface area contributed by atoms with Gasteiger partial charge in [-0.05, 0) is 59.8 Å². The number of hydrogen-bond donors (Lipinski definition) is 1. The predicted molar refractivity (Wildman–Crippen MR) is 106 cm³/mol. The van der Waals surface area contributed by atoms with Crippen LogP contribution >= 0.6 is 22.6 Å². The molecule has 138 valence electrons. The lowest BCUT2D eigenvalue weighted by Crippen LogP contribution is -2.28. The number of anilines is 1. The van der Waals surface area contributed by atoms with Gasteiger partial charge >= 0.3 is 11.9 Å². The van der Waals surface area contributed by atoms with E-state index in [9.17, 15) is 14.4 Å². The van der Waals surface area contributed by atoms with Gasteiger partial charge < -0.3 is 9.57 Å². The number of fused-ring (bicyclic) bond motifs is 1. The number of esters is 1. The number of nitrogens with zero attached hydrogens (tertiary/aromatic N) is 2. The summed E-state index contributed by atoms with van der Waals surface area (Å²) in [6.45, 7) is 1.60. The first-order valence-electron chi connectivity index (χ1n) is 7.93. The molecule has 0 atom stereocenters. The smallest absolute Gasteiger partial charge is 0.441 e. The van der Waals surface area contributed by atoms with Gasteiger partial charge in [0, 0.05) is 3.57 Å². The molecule has 0 fully saturated rings. The second kappa shape index (κ2) is 8.16. The highest BCUT2D eigenvalue weighted by Crippen LogP contribution is 2.18. The summed E-state index contributed by atoms with van der Waals surface area (Å²) in [5.41, 5.74) is 2.89. The standard InChI is InChI=1S/C18H14IN3O5/c1-2-26-16(24)17(25)27-21-18-20-14-9-8-11(19)10-13(14)15(23)22(18)12-6-4-3-5-7-12/h3-10H,2H2,1H3,(H,20,21). The molecule has 0 aliphatic carbocycles. The molecule has 1 heterocycles. The van der Waals surface area contributed by atoms with Crippen molar-refractivity contribution in [2.75, 3.05) is 12.1 Å².